The van der Waals surface area contributed by atoms with Crippen LogP contribution in [0.3, 0.4) is 0 Å². The Hall–Kier alpha value is -3.27. The summed E-state index contributed by atoms with van der Waals surface area (Å²) in [7, 11) is -2.30. The van der Waals surface area contributed by atoms with Gasteiger partial charge in [0.2, 0.25) is 21.8 Å². The molecule has 1 atom stereocenters. The first-order chi connectivity index (χ1) is 18.1. The molecule has 2 aromatic rings. The first kappa shape index (κ1) is 29.3. The number of hydrogen-bond acceptors (Lipinski definition) is 6. The van der Waals surface area contributed by atoms with Gasteiger partial charge in [-0.3, -0.25) is 13.9 Å². The molecule has 208 valence electrons. The van der Waals surface area contributed by atoms with E-state index in [1.165, 1.54) is 4.90 Å². The van der Waals surface area contributed by atoms with Gasteiger partial charge in [-0.2, -0.15) is 0 Å². The fourth-order valence-corrected chi connectivity index (χ4v) is 5.51. The molecule has 2 amide bonds. The number of amides is 2. The summed E-state index contributed by atoms with van der Waals surface area (Å²) < 4.78 is 37.7. The van der Waals surface area contributed by atoms with Crippen molar-refractivity contribution < 1.29 is 27.5 Å². The monoisotopic (exact) mass is 545 g/mol. The number of ether oxygens (including phenoxy) is 2. The zero-order valence-electron chi connectivity index (χ0n) is 22.7. The molecule has 0 aromatic heterocycles. The van der Waals surface area contributed by atoms with Gasteiger partial charge in [0.1, 0.15) is 24.1 Å². The van der Waals surface area contributed by atoms with Gasteiger partial charge in [-0.15, -0.1) is 0 Å². The van der Waals surface area contributed by atoms with Gasteiger partial charge >= 0.3 is 0 Å². The van der Waals surface area contributed by atoms with Crippen LogP contribution in [0.1, 0.15) is 51.5 Å². The summed E-state index contributed by atoms with van der Waals surface area (Å²) in [6.45, 7) is 3.45. The highest BCUT2D eigenvalue weighted by atomic mass is 32.2. The lowest BCUT2D eigenvalue weighted by molar-refractivity contribution is -0.139. The fraction of sp³-hybridized carbons (Fsp3) is 0.500. The molecule has 1 fully saturated rings. The van der Waals surface area contributed by atoms with E-state index in [0.29, 0.717) is 18.1 Å². The average Bonchev–Trinajstić information content (AvgIpc) is 2.90. The Kier molecular flexibility index (Phi) is 10.4. The molecule has 0 radical (unpaired) electrons. The average molecular weight is 546 g/mol. The Morgan fingerprint density at radius 2 is 1.79 bits per heavy atom. The van der Waals surface area contributed by atoms with Crippen LogP contribution < -0.4 is 19.1 Å². The second kappa shape index (κ2) is 13.5. The molecule has 0 spiro atoms. The highest BCUT2D eigenvalue weighted by molar-refractivity contribution is 7.92. The number of nitrogens with one attached hydrogen (secondary N) is 1. The summed E-state index contributed by atoms with van der Waals surface area (Å²) in [5, 5.41) is 3.09. The van der Waals surface area contributed by atoms with Crippen LogP contribution in [0.25, 0.3) is 0 Å². The molecule has 1 aliphatic rings. The lowest BCUT2D eigenvalue weighted by Crippen LogP contribution is -2.53. The van der Waals surface area contributed by atoms with E-state index in [-0.39, 0.29) is 24.2 Å². The lowest BCUT2D eigenvalue weighted by Gasteiger charge is -2.33. The van der Waals surface area contributed by atoms with Crippen molar-refractivity contribution in [2.75, 3.05) is 30.8 Å². The van der Waals surface area contributed by atoms with Crippen molar-refractivity contribution in [3.8, 4) is 11.5 Å². The molecule has 1 aliphatic carbocycles. The minimum absolute atomic E-state index is 0.0815. The first-order valence-electron chi connectivity index (χ1n) is 13.1. The number of carbonyl (C=O) groups excluding carboxylic acids is 2. The maximum absolute atomic E-state index is 13.8. The van der Waals surface area contributed by atoms with E-state index in [9.17, 15) is 18.0 Å². The number of benzene rings is 2. The molecule has 3 rings (SSSR count). The van der Waals surface area contributed by atoms with Gasteiger partial charge in [0.25, 0.3) is 0 Å². The zero-order chi connectivity index (χ0) is 27.7. The molecular formula is C28H39N3O6S. The zero-order valence-corrected chi connectivity index (χ0v) is 23.5. The summed E-state index contributed by atoms with van der Waals surface area (Å²) >= 11 is 0. The Bertz CT molecular complexity index is 1200. The standard InChI is InChI=1S/C28H39N3O6S/c1-5-37-26-17-10-9-16-25(26)31(38(4,34)35)20-27(32)30(19-22-12-11-15-24(18-22)36-3)21(2)28(33)29-23-13-7-6-8-14-23/h9-12,15-18,21,23H,5-8,13-14,19-20H2,1-4H3,(H,29,33)/t21-/m1/s1. The van der Waals surface area contributed by atoms with Crippen LogP contribution in [-0.2, 0) is 26.2 Å². The smallest absolute Gasteiger partial charge is 0.244 e. The molecule has 0 heterocycles. The second-order valence-electron chi connectivity index (χ2n) is 9.56. The molecule has 0 bridgehead atoms. The number of rotatable bonds is 12. The molecule has 2 aromatic carbocycles. The minimum Gasteiger partial charge on any atom is -0.497 e. The van der Waals surface area contributed by atoms with Crippen LogP contribution in [-0.4, -0.2) is 63.7 Å². The van der Waals surface area contributed by atoms with E-state index in [1.807, 2.05) is 12.1 Å². The topological polar surface area (TPSA) is 105 Å². The Balaban J connectivity index is 1.91. The lowest BCUT2D eigenvalue weighted by atomic mass is 9.95. The second-order valence-corrected chi connectivity index (χ2v) is 11.5. The fourth-order valence-electron chi connectivity index (χ4n) is 4.65. The Morgan fingerprint density at radius 3 is 2.45 bits per heavy atom. The number of carbonyl (C=O) groups is 2. The highest BCUT2D eigenvalue weighted by Gasteiger charge is 2.32. The Labute approximate surface area is 226 Å². The van der Waals surface area contributed by atoms with Crippen LogP contribution in [0.15, 0.2) is 48.5 Å². The summed E-state index contributed by atoms with van der Waals surface area (Å²) in [6.07, 6.45) is 6.17. The van der Waals surface area contributed by atoms with E-state index in [1.54, 1.807) is 57.4 Å². The van der Waals surface area contributed by atoms with Crippen LogP contribution in [0.5, 0.6) is 11.5 Å². The van der Waals surface area contributed by atoms with Crippen LogP contribution in [0.2, 0.25) is 0 Å². The van der Waals surface area contributed by atoms with Gasteiger partial charge in [0, 0.05) is 12.6 Å². The SMILES string of the molecule is CCOc1ccccc1N(CC(=O)N(Cc1cccc(OC)c1)[C@H](C)C(=O)NC1CCCCC1)S(C)(=O)=O. The quantitative estimate of drug-likeness (QED) is 0.436. The first-order valence-corrected chi connectivity index (χ1v) is 14.9. The predicted octanol–water partition coefficient (Wildman–Crippen LogP) is 3.73. The van der Waals surface area contributed by atoms with Crippen molar-refractivity contribution in [1.29, 1.82) is 0 Å². The van der Waals surface area contributed by atoms with Gasteiger partial charge in [0.05, 0.1) is 25.7 Å². The van der Waals surface area contributed by atoms with Crippen molar-refractivity contribution in [2.45, 2.75) is 64.6 Å². The van der Waals surface area contributed by atoms with Crippen molar-refractivity contribution in [3.63, 3.8) is 0 Å². The van der Waals surface area contributed by atoms with Crippen molar-refractivity contribution >= 4 is 27.5 Å². The third kappa shape index (κ3) is 7.86. The third-order valence-electron chi connectivity index (χ3n) is 6.72. The van der Waals surface area contributed by atoms with Crippen molar-refractivity contribution in [1.82, 2.24) is 10.2 Å². The number of hydrogen-bond donors (Lipinski definition) is 1. The molecule has 1 saturated carbocycles. The number of sulfonamides is 1. The molecule has 1 N–H and O–H groups in total. The van der Waals surface area contributed by atoms with Crippen LogP contribution >= 0.6 is 0 Å². The minimum atomic E-state index is -3.85. The number of nitrogens with zero attached hydrogens (tertiary/aromatic N) is 2. The van der Waals surface area contributed by atoms with E-state index < -0.39 is 28.5 Å². The predicted molar refractivity (Wildman–Crippen MR) is 148 cm³/mol. The van der Waals surface area contributed by atoms with Gasteiger partial charge in [-0.25, -0.2) is 8.42 Å². The molecule has 9 nitrogen and oxygen atoms in total. The summed E-state index contributed by atoms with van der Waals surface area (Å²) in [4.78, 5) is 28.5. The third-order valence-corrected chi connectivity index (χ3v) is 7.85. The number of para-hydroxylation sites is 2. The van der Waals surface area contributed by atoms with Gasteiger partial charge in [-0.05, 0) is 56.5 Å². The van der Waals surface area contributed by atoms with E-state index in [4.69, 9.17) is 9.47 Å². The Morgan fingerprint density at radius 1 is 1.08 bits per heavy atom. The normalized spacial score (nSPS) is 14.8. The largest absolute Gasteiger partial charge is 0.497 e. The highest BCUT2D eigenvalue weighted by Crippen LogP contribution is 2.30. The van der Waals surface area contributed by atoms with Crippen LogP contribution in [0, 0.1) is 0 Å². The summed E-state index contributed by atoms with van der Waals surface area (Å²) in [5.41, 5.74) is 1.03. The van der Waals surface area contributed by atoms with Gasteiger partial charge in [-0.1, -0.05) is 43.5 Å². The van der Waals surface area contributed by atoms with Gasteiger partial charge < -0.3 is 19.7 Å². The molecule has 38 heavy (non-hydrogen) atoms. The molecule has 0 aliphatic heterocycles. The number of methoxy groups -OCH3 is 1. The molecule has 10 heteroatoms. The molecule has 0 saturated heterocycles. The van der Waals surface area contributed by atoms with Crippen molar-refractivity contribution in [3.05, 3.63) is 54.1 Å². The van der Waals surface area contributed by atoms with E-state index in [2.05, 4.69) is 5.32 Å². The van der Waals surface area contributed by atoms with Crippen molar-refractivity contribution in [2.24, 2.45) is 0 Å². The maximum atomic E-state index is 13.8. The van der Waals surface area contributed by atoms with E-state index >= 15 is 0 Å². The number of anilines is 1. The van der Waals surface area contributed by atoms with E-state index in [0.717, 1.165) is 48.2 Å². The molecule has 0 unspecified atom stereocenters. The van der Waals surface area contributed by atoms with Gasteiger partial charge in [0.15, 0.2) is 0 Å². The molecular weight excluding hydrogens is 506 g/mol. The van der Waals surface area contributed by atoms with Crippen LogP contribution in [0.4, 0.5) is 5.69 Å². The summed E-state index contributed by atoms with van der Waals surface area (Å²) in [6, 6.07) is 13.2. The maximum Gasteiger partial charge on any atom is 0.244 e. The summed E-state index contributed by atoms with van der Waals surface area (Å²) in [5.74, 6) is 0.220.